The van der Waals surface area contributed by atoms with Crippen molar-refractivity contribution in [2.24, 2.45) is 22.7 Å². The van der Waals surface area contributed by atoms with Crippen molar-refractivity contribution < 1.29 is 14.7 Å². The Kier molecular flexibility index (Phi) is 24.3. The molecular weight excluding hydrogens is 677 g/mol. The minimum Gasteiger partial charge on any atom is -0.394 e. The second kappa shape index (κ2) is 26.8. The van der Waals surface area contributed by atoms with Gasteiger partial charge in [-0.2, -0.15) is 0 Å². The molecule has 0 heterocycles. The number of urea groups is 1. The molecule has 0 aromatic heterocycles. The van der Waals surface area contributed by atoms with E-state index in [9.17, 15) is 14.7 Å². The van der Waals surface area contributed by atoms with E-state index in [1.807, 2.05) is 69.4 Å². The molecule has 298 valence electrons. The lowest BCUT2D eigenvalue weighted by Gasteiger charge is -2.25. The quantitative estimate of drug-likeness (QED) is 0.111. The first kappa shape index (κ1) is 48.1. The zero-order valence-corrected chi connectivity index (χ0v) is 36.0. The number of anilines is 1. The molecule has 3 N–H and O–H groups in total. The fraction of sp³-hybridized carbons (Fsp3) is 0.622. The number of rotatable bonds is 17. The molecule has 53 heavy (non-hydrogen) atoms. The van der Waals surface area contributed by atoms with Crippen LogP contribution in [0, 0.1) is 17.8 Å². The summed E-state index contributed by atoms with van der Waals surface area (Å²) in [6.45, 7) is 21.4. The van der Waals surface area contributed by atoms with Gasteiger partial charge in [-0.15, -0.1) is 0 Å². The number of hydrogen-bond donors (Lipinski definition) is 3. The number of aliphatic hydroxyl groups is 1. The van der Waals surface area contributed by atoms with Crippen LogP contribution in [0.1, 0.15) is 151 Å². The van der Waals surface area contributed by atoms with Gasteiger partial charge < -0.3 is 15.2 Å². The lowest BCUT2D eigenvalue weighted by atomic mass is 9.84. The normalized spacial score (nSPS) is 14.4. The summed E-state index contributed by atoms with van der Waals surface area (Å²) in [5, 5.41) is 12.8. The third kappa shape index (κ3) is 19.8. The molecule has 0 spiro atoms. The van der Waals surface area contributed by atoms with E-state index in [1.165, 1.54) is 69.0 Å². The summed E-state index contributed by atoms with van der Waals surface area (Å²) in [4.78, 5) is 30.7. The zero-order valence-electron chi connectivity index (χ0n) is 35.2. The number of carbonyl (C=O) groups is 2. The van der Waals surface area contributed by atoms with Gasteiger partial charge in [0, 0.05) is 48.0 Å². The zero-order chi connectivity index (χ0) is 39.8. The molecular formula is C45H74N4O3S. The first-order chi connectivity index (χ1) is 25.2. The van der Waals surface area contributed by atoms with Crippen molar-refractivity contribution >= 4 is 40.7 Å². The molecule has 3 rings (SSSR count). The first-order valence-corrected chi connectivity index (χ1v) is 21.0. The molecule has 0 aliphatic heterocycles. The maximum Gasteiger partial charge on any atom is 0.321 e. The number of ketones is 1. The van der Waals surface area contributed by atoms with Gasteiger partial charge in [0.1, 0.15) is 5.78 Å². The fourth-order valence-electron chi connectivity index (χ4n) is 5.61. The van der Waals surface area contributed by atoms with Crippen LogP contribution in [0.3, 0.4) is 0 Å². The van der Waals surface area contributed by atoms with E-state index in [0.717, 1.165) is 58.4 Å². The van der Waals surface area contributed by atoms with E-state index < -0.39 is 5.54 Å². The topological polar surface area (TPSA) is 94.0 Å². The van der Waals surface area contributed by atoms with Crippen LogP contribution in [0.4, 0.5) is 10.5 Å². The average molecular weight is 751 g/mol. The number of benzene rings is 2. The average Bonchev–Trinajstić information content (AvgIpc) is 3.16. The van der Waals surface area contributed by atoms with Crippen LogP contribution in [0.5, 0.6) is 0 Å². The molecule has 7 nitrogen and oxygen atoms in total. The molecule has 1 unspecified atom stereocenters. The largest absolute Gasteiger partial charge is 0.394 e. The number of allylic oxidation sites excluding steroid dienone is 1. The van der Waals surface area contributed by atoms with Gasteiger partial charge in [0.15, 0.2) is 0 Å². The van der Waals surface area contributed by atoms with Crippen LogP contribution < -0.4 is 14.9 Å². The van der Waals surface area contributed by atoms with Gasteiger partial charge in [-0.1, -0.05) is 110 Å². The second-order valence-electron chi connectivity index (χ2n) is 15.6. The third-order valence-electron chi connectivity index (χ3n) is 9.87. The van der Waals surface area contributed by atoms with Gasteiger partial charge in [-0.3, -0.25) is 14.6 Å². The van der Waals surface area contributed by atoms with Gasteiger partial charge >= 0.3 is 6.03 Å². The number of aliphatic hydroxyl groups excluding tert-OH is 1. The van der Waals surface area contributed by atoms with E-state index in [4.69, 9.17) is 4.99 Å². The van der Waals surface area contributed by atoms with Crippen LogP contribution in [0.15, 0.2) is 64.6 Å². The van der Waals surface area contributed by atoms with Crippen LogP contribution >= 0.6 is 11.9 Å². The van der Waals surface area contributed by atoms with Gasteiger partial charge in [0.05, 0.1) is 6.61 Å². The highest BCUT2D eigenvalue weighted by molar-refractivity contribution is 7.97. The molecule has 1 aliphatic carbocycles. The third-order valence-corrected chi connectivity index (χ3v) is 11.1. The minimum atomic E-state index is -0.457. The molecule has 1 aliphatic rings. The van der Waals surface area contributed by atoms with Gasteiger partial charge in [0.2, 0.25) is 0 Å². The monoisotopic (exact) mass is 751 g/mol. The van der Waals surface area contributed by atoms with Crippen molar-refractivity contribution in [2.45, 2.75) is 157 Å². The molecule has 1 fully saturated rings. The summed E-state index contributed by atoms with van der Waals surface area (Å²) in [7, 11) is 1.78. The Morgan fingerprint density at radius 3 is 2.15 bits per heavy atom. The Balaban J connectivity index is 0.000000919. The predicted octanol–water partition coefficient (Wildman–Crippen LogP) is 12.0. The van der Waals surface area contributed by atoms with Crippen LogP contribution in [0.25, 0.3) is 5.57 Å². The number of nitrogens with zero attached hydrogens (tertiary/aromatic N) is 2. The van der Waals surface area contributed by atoms with Crippen molar-refractivity contribution in [1.29, 1.82) is 0 Å². The van der Waals surface area contributed by atoms with E-state index in [2.05, 4.69) is 57.6 Å². The molecule has 2 aromatic rings. The first-order valence-electron chi connectivity index (χ1n) is 20.2. The van der Waals surface area contributed by atoms with Gasteiger partial charge in [-0.25, -0.2) is 4.79 Å². The van der Waals surface area contributed by atoms with Crippen LogP contribution in [0.2, 0.25) is 0 Å². The number of Topliss-reactive ketones (excluding diaryl/α,β-unsaturated/α-hetero) is 1. The van der Waals surface area contributed by atoms with Crippen molar-refractivity contribution in [1.82, 2.24) is 10.0 Å². The van der Waals surface area contributed by atoms with Crippen molar-refractivity contribution in [3.63, 3.8) is 0 Å². The Hall–Kier alpha value is -2.94. The SMILES string of the molecule is CCC(C)C(C)C.CCCC(C)=O.CCCCC(=N/C=C(\C)c1ccc(N(C)C(=O)NCc2ccccc2)cc1SNC(C)(C)CO)C1CCCCC1. The maximum atomic E-state index is 13.0. The molecule has 0 saturated heterocycles. The van der Waals surface area contributed by atoms with Crippen molar-refractivity contribution in [3.05, 3.63) is 65.9 Å². The molecule has 0 radical (unpaired) electrons. The Morgan fingerprint density at radius 2 is 1.64 bits per heavy atom. The van der Waals surface area contributed by atoms with Crippen LogP contribution in [-0.2, 0) is 11.3 Å². The highest BCUT2D eigenvalue weighted by Gasteiger charge is 2.20. The molecule has 2 aromatic carbocycles. The van der Waals surface area contributed by atoms with Crippen molar-refractivity contribution in [2.75, 3.05) is 18.6 Å². The van der Waals surface area contributed by atoms with E-state index >= 15 is 0 Å². The number of hydrogen-bond acceptors (Lipinski definition) is 6. The van der Waals surface area contributed by atoms with Crippen LogP contribution in [-0.4, -0.2) is 41.8 Å². The number of amides is 2. The Morgan fingerprint density at radius 1 is 0.981 bits per heavy atom. The summed E-state index contributed by atoms with van der Waals surface area (Å²) in [5.74, 6) is 2.66. The summed E-state index contributed by atoms with van der Waals surface area (Å²) in [6.07, 6.45) is 15.0. The lowest BCUT2D eigenvalue weighted by Crippen LogP contribution is -2.38. The number of carbonyl (C=O) groups excluding carboxylic acids is 2. The second-order valence-corrected chi connectivity index (χ2v) is 16.4. The van der Waals surface area contributed by atoms with E-state index in [-0.39, 0.29) is 18.4 Å². The molecule has 8 heteroatoms. The lowest BCUT2D eigenvalue weighted by molar-refractivity contribution is -0.117. The Labute approximate surface area is 328 Å². The highest BCUT2D eigenvalue weighted by Crippen LogP contribution is 2.33. The minimum absolute atomic E-state index is 0.0120. The standard InChI is InChI=1S/C33H48N4O2S.C7H16.C5H10O/c1-6-7-18-30(27-16-12-9-13-17-27)34-22-25(2)29-20-19-28(21-31(29)40-36-33(3,4)24-38)37(5)32(39)35-23-26-14-10-8-11-15-26;1-5-7(4)6(2)3;1-3-4-5(2)6/h8,10-11,14-15,19-22,27,36,38H,6-7,9,12-13,16-18,23-24H2,1-5H3,(H,35,39);6-7H,5H2,1-4H3;3-4H2,1-2H3/b25-22+,34-30?;;. The molecule has 1 atom stereocenters. The summed E-state index contributed by atoms with van der Waals surface area (Å²) >= 11 is 1.48. The molecule has 0 bridgehead atoms. The maximum absolute atomic E-state index is 13.0. The highest BCUT2D eigenvalue weighted by atomic mass is 32.2. The summed E-state index contributed by atoms with van der Waals surface area (Å²) < 4.78 is 3.39. The van der Waals surface area contributed by atoms with Gasteiger partial charge in [-0.05, 0) is 118 Å². The fourth-order valence-corrected chi connectivity index (χ4v) is 6.57. The van der Waals surface area contributed by atoms with Gasteiger partial charge in [0.25, 0.3) is 0 Å². The predicted molar refractivity (Wildman–Crippen MR) is 231 cm³/mol. The number of unbranched alkanes of at least 4 members (excludes halogenated alkanes) is 1. The van der Waals surface area contributed by atoms with E-state index in [1.54, 1.807) is 18.9 Å². The summed E-state index contributed by atoms with van der Waals surface area (Å²) in [5.41, 5.74) is 4.89. The number of nitrogens with one attached hydrogen (secondary N) is 2. The number of aliphatic imine (C=N–C) groups is 1. The summed E-state index contributed by atoms with van der Waals surface area (Å²) in [6, 6.07) is 15.8. The van der Waals surface area contributed by atoms with Crippen molar-refractivity contribution in [3.8, 4) is 0 Å². The smallest absolute Gasteiger partial charge is 0.321 e. The Bertz CT molecular complexity index is 1380. The molecule has 2 amide bonds. The van der Waals surface area contributed by atoms with E-state index in [0.29, 0.717) is 12.5 Å². The molecule has 1 saturated carbocycles.